The number of anilines is 1. The van der Waals surface area contributed by atoms with Crippen LogP contribution in [0.4, 0.5) is 24.5 Å². The number of carbonyl (C=O) groups is 2. The molecule has 0 saturated carbocycles. The third-order valence-corrected chi connectivity index (χ3v) is 5.32. The van der Waals surface area contributed by atoms with Crippen LogP contribution < -0.4 is 24.8 Å². The second kappa shape index (κ2) is 12.0. The van der Waals surface area contributed by atoms with E-state index in [0.29, 0.717) is 11.8 Å². The van der Waals surface area contributed by atoms with E-state index in [4.69, 9.17) is 14.2 Å². The number of alkyl halides is 3. The van der Waals surface area contributed by atoms with Crippen LogP contribution >= 0.6 is 0 Å². The molecule has 0 aromatic heterocycles. The summed E-state index contributed by atoms with van der Waals surface area (Å²) in [4.78, 5) is 37.1. The highest BCUT2D eigenvalue weighted by atomic mass is 19.4. The summed E-state index contributed by atoms with van der Waals surface area (Å²) in [5.41, 5.74) is -2.26. The number of methoxy groups -OCH3 is 3. The van der Waals surface area contributed by atoms with Crippen molar-refractivity contribution in [3.8, 4) is 17.2 Å². The Labute approximate surface area is 220 Å². The number of hydrogen-bond donors (Lipinski definition) is 2. The lowest BCUT2D eigenvalue weighted by Gasteiger charge is -2.14. The number of hydrogen-bond acceptors (Lipinski definition) is 7. The summed E-state index contributed by atoms with van der Waals surface area (Å²) in [6, 6.07) is 12.0. The zero-order chi connectivity index (χ0) is 28.7. The molecule has 0 radical (unpaired) electrons. The first-order valence-electron chi connectivity index (χ1n) is 11.0. The van der Waals surface area contributed by atoms with Crippen molar-refractivity contribution < 1.29 is 41.9 Å². The predicted octanol–water partition coefficient (Wildman–Crippen LogP) is 5.05. The van der Waals surface area contributed by atoms with E-state index >= 15 is 0 Å². The minimum Gasteiger partial charge on any atom is -0.497 e. The molecule has 13 heteroatoms. The monoisotopic (exact) mass is 545 g/mol. The van der Waals surface area contributed by atoms with Gasteiger partial charge in [-0.05, 0) is 54.6 Å². The van der Waals surface area contributed by atoms with Gasteiger partial charge in [0, 0.05) is 11.3 Å². The molecule has 0 unspecified atom stereocenters. The third kappa shape index (κ3) is 7.03. The van der Waals surface area contributed by atoms with Crippen LogP contribution in [0.25, 0.3) is 6.08 Å². The fourth-order valence-corrected chi connectivity index (χ4v) is 3.38. The molecule has 3 aromatic carbocycles. The number of rotatable bonds is 9. The van der Waals surface area contributed by atoms with Crippen LogP contribution in [0.5, 0.6) is 17.2 Å². The lowest BCUT2D eigenvalue weighted by molar-refractivity contribution is -0.385. The number of nitrogens with zero attached hydrogens (tertiary/aromatic N) is 1. The van der Waals surface area contributed by atoms with E-state index in [1.165, 1.54) is 57.7 Å². The Morgan fingerprint density at radius 3 is 2.13 bits per heavy atom. The Bertz CT molecular complexity index is 1420. The molecule has 3 rings (SSSR count). The van der Waals surface area contributed by atoms with Crippen molar-refractivity contribution in [2.45, 2.75) is 6.18 Å². The van der Waals surface area contributed by atoms with E-state index in [1.54, 1.807) is 0 Å². The third-order valence-electron chi connectivity index (χ3n) is 5.32. The summed E-state index contributed by atoms with van der Waals surface area (Å²) in [6.07, 6.45) is -3.66. The second-order valence-electron chi connectivity index (χ2n) is 7.80. The molecule has 0 bridgehead atoms. The molecule has 0 fully saturated rings. The maximum atomic E-state index is 13.2. The van der Waals surface area contributed by atoms with Crippen LogP contribution in [-0.2, 0) is 11.0 Å². The first-order valence-corrected chi connectivity index (χ1v) is 11.0. The Morgan fingerprint density at radius 2 is 1.56 bits per heavy atom. The highest BCUT2D eigenvalue weighted by Gasteiger charge is 2.30. The van der Waals surface area contributed by atoms with Gasteiger partial charge >= 0.3 is 6.18 Å². The number of benzene rings is 3. The van der Waals surface area contributed by atoms with E-state index in [2.05, 4.69) is 10.6 Å². The quantitative estimate of drug-likeness (QED) is 0.219. The zero-order valence-corrected chi connectivity index (χ0v) is 20.8. The van der Waals surface area contributed by atoms with E-state index in [9.17, 15) is 32.9 Å². The second-order valence-corrected chi connectivity index (χ2v) is 7.80. The van der Waals surface area contributed by atoms with Crippen LogP contribution in [0.2, 0.25) is 0 Å². The number of nitro benzene ring substituents is 1. The summed E-state index contributed by atoms with van der Waals surface area (Å²) in [7, 11) is 4.01. The van der Waals surface area contributed by atoms with Crippen LogP contribution in [0.3, 0.4) is 0 Å². The van der Waals surface area contributed by atoms with Gasteiger partial charge in [-0.3, -0.25) is 19.7 Å². The van der Waals surface area contributed by atoms with Crippen LogP contribution in [-0.4, -0.2) is 38.1 Å². The maximum Gasteiger partial charge on any atom is 0.416 e. The van der Waals surface area contributed by atoms with Gasteiger partial charge in [0.1, 0.15) is 11.4 Å². The van der Waals surface area contributed by atoms with E-state index < -0.39 is 39.9 Å². The molecular formula is C26H22F3N3O7. The zero-order valence-electron chi connectivity index (χ0n) is 20.8. The van der Waals surface area contributed by atoms with E-state index in [0.717, 1.165) is 24.3 Å². The number of halogens is 3. The molecule has 0 aliphatic rings. The molecule has 10 nitrogen and oxygen atoms in total. The van der Waals surface area contributed by atoms with Crippen molar-refractivity contribution >= 4 is 29.3 Å². The topological polar surface area (TPSA) is 129 Å². The summed E-state index contributed by atoms with van der Waals surface area (Å²) < 4.78 is 54.8. The Kier molecular flexibility index (Phi) is 8.76. The summed E-state index contributed by atoms with van der Waals surface area (Å²) in [5, 5.41) is 16.4. The summed E-state index contributed by atoms with van der Waals surface area (Å²) >= 11 is 0. The first-order chi connectivity index (χ1) is 18.5. The highest BCUT2D eigenvalue weighted by molar-refractivity contribution is 6.11. The lowest BCUT2D eigenvalue weighted by atomic mass is 10.1. The molecule has 3 aromatic rings. The van der Waals surface area contributed by atoms with Crippen LogP contribution in [0.1, 0.15) is 21.5 Å². The number of nitrogens with one attached hydrogen (secondary N) is 2. The smallest absolute Gasteiger partial charge is 0.416 e. The van der Waals surface area contributed by atoms with Crippen molar-refractivity contribution in [2.24, 2.45) is 0 Å². The normalized spacial score (nSPS) is 11.4. The van der Waals surface area contributed by atoms with E-state index in [1.807, 2.05) is 0 Å². The van der Waals surface area contributed by atoms with Crippen molar-refractivity contribution in [1.29, 1.82) is 0 Å². The largest absolute Gasteiger partial charge is 0.497 e. The summed E-state index contributed by atoms with van der Waals surface area (Å²) in [6.45, 7) is 0. The SMILES string of the molecule is COc1ccc(C(=O)N/C(=C/c2cc(OC)c(OC)cc2[N+](=O)[O-])C(=O)Nc2cccc(C(F)(F)F)c2)cc1. The molecule has 0 spiro atoms. The number of amides is 2. The Balaban J connectivity index is 2.07. The van der Waals surface area contributed by atoms with Gasteiger partial charge in [0.25, 0.3) is 17.5 Å². The molecule has 2 amide bonds. The molecule has 204 valence electrons. The number of nitro groups is 1. The van der Waals surface area contributed by atoms with Crippen molar-refractivity contribution in [3.05, 3.63) is 93.2 Å². The molecule has 2 N–H and O–H groups in total. The molecule has 0 saturated heterocycles. The average molecular weight is 545 g/mol. The van der Waals surface area contributed by atoms with Gasteiger partial charge in [-0.15, -0.1) is 0 Å². The average Bonchev–Trinajstić information content (AvgIpc) is 2.91. The minimum absolute atomic E-state index is 0.0404. The number of carbonyl (C=O) groups excluding carboxylic acids is 2. The molecule has 39 heavy (non-hydrogen) atoms. The molecule has 0 aliphatic heterocycles. The predicted molar refractivity (Wildman–Crippen MR) is 135 cm³/mol. The van der Waals surface area contributed by atoms with Gasteiger partial charge in [0.15, 0.2) is 11.5 Å². The maximum absolute atomic E-state index is 13.2. The fraction of sp³-hybridized carbons (Fsp3) is 0.154. The Hall–Kier alpha value is -5.07. The lowest BCUT2D eigenvalue weighted by Crippen LogP contribution is -2.30. The van der Waals surface area contributed by atoms with E-state index in [-0.39, 0.29) is 28.3 Å². The first kappa shape index (κ1) is 28.5. The number of ether oxygens (including phenoxy) is 3. The van der Waals surface area contributed by atoms with Crippen molar-refractivity contribution in [3.63, 3.8) is 0 Å². The van der Waals surface area contributed by atoms with Gasteiger partial charge in [-0.1, -0.05) is 6.07 Å². The fourth-order valence-electron chi connectivity index (χ4n) is 3.38. The van der Waals surface area contributed by atoms with Gasteiger partial charge in [0.05, 0.1) is 43.4 Å². The molecule has 0 atom stereocenters. The highest BCUT2D eigenvalue weighted by Crippen LogP contribution is 2.36. The summed E-state index contributed by atoms with van der Waals surface area (Å²) in [5.74, 6) is -1.22. The van der Waals surface area contributed by atoms with Gasteiger partial charge in [0.2, 0.25) is 0 Å². The van der Waals surface area contributed by atoms with Crippen molar-refractivity contribution in [2.75, 3.05) is 26.6 Å². The van der Waals surface area contributed by atoms with Crippen molar-refractivity contribution in [1.82, 2.24) is 5.32 Å². The molecule has 0 heterocycles. The van der Waals surface area contributed by atoms with Gasteiger partial charge in [-0.2, -0.15) is 13.2 Å². The van der Waals surface area contributed by atoms with Crippen LogP contribution in [0, 0.1) is 10.1 Å². The van der Waals surface area contributed by atoms with Gasteiger partial charge in [-0.25, -0.2) is 0 Å². The standard InChI is InChI=1S/C26H22F3N3O7/c1-37-19-9-7-15(8-10-19)24(33)31-20(25(34)30-18-6-4-5-17(13-18)26(27,28)29)11-16-12-22(38-2)23(39-3)14-21(16)32(35)36/h4-14H,1-3H3,(H,30,34)(H,31,33)/b20-11+. The van der Waals surface area contributed by atoms with Gasteiger partial charge < -0.3 is 24.8 Å². The Morgan fingerprint density at radius 1 is 0.923 bits per heavy atom. The molecular weight excluding hydrogens is 523 g/mol. The minimum atomic E-state index is -4.66. The molecule has 0 aliphatic carbocycles. The van der Waals surface area contributed by atoms with Crippen LogP contribution in [0.15, 0.2) is 66.4 Å².